The number of rotatable bonds is 3. The minimum absolute atomic E-state index is 0.105. The fourth-order valence-corrected chi connectivity index (χ4v) is 4.41. The number of hydrogen-bond donors (Lipinski definition) is 0. The van der Waals surface area contributed by atoms with Crippen LogP contribution in [0.2, 0.25) is 5.02 Å². The third-order valence-corrected chi connectivity index (χ3v) is 5.70. The summed E-state index contributed by atoms with van der Waals surface area (Å²) in [6, 6.07) is 3.06. The average molecular weight is 347 g/mol. The highest BCUT2D eigenvalue weighted by molar-refractivity contribution is 7.99. The van der Waals surface area contributed by atoms with Crippen molar-refractivity contribution in [3.63, 3.8) is 0 Å². The third-order valence-electron chi connectivity index (χ3n) is 3.84. The monoisotopic (exact) mass is 346 g/mol. The molecule has 1 aliphatic heterocycles. The largest absolute Gasteiger partial charge is 0.326 e. The van der Waals surface area contributed by atoms with Crippen molar-refractivity contribution in [3.8, 4) is 0 Å². The van der Waals surface area contributed by atoms with Crippen LogP contribution in [0.3, 0.4) is 0 Å². The Morgan fingerprint density at radius 2 is 2.29 bits per heavy atom. The van der Waals surface area contributed by atoms with Crippen LogP contribution in [-0.2, 0) is 6.54 Å². The van der Waals surface area contributed by atoms with Crippen molar-refractivity contribution in [3.05, 3.63) is 28.8 Å². The predicted molar refractivity (Wildman–Crippen MR) is 89.1 cm³/mol. The Morgan fingerprint density at radius 3 is 2.95 bits per heavy atom. The van der Waals surface area contributed by atoms with Crippen molar-refractivity contribution in [1.29, 1.82) is 0 Å². The van der Waals surface area contributed by atoms with Gasteiger partial charge in [0.25, 0.3) is 0 Å². The molecule has 0 N–H and O–H groups in total. The van der Waals surface area contributed by atoms with Gasteiger partial charge in [0.1, 0.15) is 11.6 Å². The molecular formula is C15H17Cl2FN2S. The van der Waals surface area contributed by atoms with Crippen molar-refractivity contribution in [2.45, 2.75) is 43.4 Å². The van der Waals surface area contributed by atoms with Crippen LogP contribution < -0.4 is 0 Å². The van der Waals surface area contributed by atoms with Crippen molar-refractivity contribution >= 4 is 46.0 Å². The minimum atomic E-state index is -0.407. The molecule has 1 saturated heterocycles. The molecule has 0 aliphatic carbocycles. The highest BCUT2D eigenvalue weighted by atomic mass is 35.5. The van der Waals surface area contributed by atoms with Crippen molar-refractivity contribution in [2.24, 2.45) is 0 Å². The van der Waals surface area contributed by atoms with Crippen LogP contribution in [0.1, 0.15) is 37.4 Å². The standard InChI is InChI=1S/C15H17Cl2FN2S/c1-9(16)15-19-13-6-11(17)12(18)7-14(13)20(15)8-10-4-2-3-5-21-10/h6-7,9-10H,2-5,8H2,1H3. The molecule has 0 bridgehead atoms. The van der Waals surface area contributed by atoms with Gasteiger partial charge in [0, 0.05) is 17.9 Å². The van der Waals surface area contributed by atoms with Crippen LogP contribution >= 0.6 is 35.0 Å². The van der Waals surface area contributed by atoms with E-state index in [1.54, 1.807) is 6.07 Å². The van der Waals surface area contributed by atoms with E-state index in [1.165, 1.54) is 31.1 Å². The summed E-state index contributed by atoms with van der Waals surface area (Å²) in [6.07, 6.45) is 3.74. The van der Waals surface area contributed by atoms with Crippen molar-refractivity contribution < 1.29 is 4.39 Å². The molecule has 1 aromatic heterocycles. The van der Waals surface area contributed by atoms with Crippen molar-refractivity contribution in [1.82, 2.24) is 9.55 Å². The van der Waals surface area contributed by atoms with E-state index < -0.39 is 5.82 Å². The number of aromatic nitrogens is 2. The lowest BCUT2D eigenvalue weighted by Gasteiger charge is -2.23. The topological polar surface area (TPSA) is 17.8 Å². The molecular weight excluding hydrogens is 330 g/mol. The molecule has 2 unspecified atom stereocenters. The summed E-state index contributed by atoms with van der Waals surface area (Å²) in [4.78, 5) is 4.55. The number of thioether (sulfide) groups is 1. The van der Waals surface area contributed by atoms with Gasteiger partial charge in [0.15, 0.2) is 0 Å². The number of hydrogen-bond acceptors (Lipinski definition) is 2. The molecule has 0 saturated carbocycles. The zero-order valence-corrected chi connectivity index (χ0v) is 14.1. The highest BCUT2D eigenvalue weighted by Gasteiger charge is 2.21. The molecule has 1 aromatic carbocycles. The minimum Gasteiger partial charge on any atom is -0.326 e. The van der Waals surface area contributed by atoms with Gasteiger partial charge in [-0.1, -0.05) is 18.0 Å². The van der Waals surface area contributed by atoms with E-state index >= 15 is 0 Å². The molecule has 2 heterocycles. The quantitative estimate of drug-likeness (QED) is 0.691. The fraction of sp³-hybridized carbons (Fsp3) is 0.533. The van der Waals surface area contributed by atoms with Gasteiger partial charge in [-0.05, 0) is 31.6 Å². The number of benzene rings is 1. The molecule has 3 rings (SSSR count). The lowest BCUT2D eigenvalue weighted by molar-refractivity contribution is 0.574. The first-order valence-electron chi connectivity index (χ1n) is 7.17. The second-order valence-corrected chi connectivity index (χ2v) is 7.91. The van der Waals surface area contributed by atoms with Gasteiger partial charge < -0.3 is 4.57 Å². The van der Waals surface area contributed by atoms with Gasteiger partial charge in [-0.2, -0.15) is 11.8 Å². The molecule has 2 aromatic rings. The van der Waals surface area contributed by atoms with Crippen LogP contribution in [0.4, 0.5) is 4.39 Å². The molecule has 2 nitrogen and oxygen atoms in total. The SMILES string of the molecule is CC(Cl)c1nc2cc(Cl)c(F)cc2n1CC1CCCCS1. The highest BCUT2D eigenvalue weighted by Crippen LogP contribution is 2.32. The second-order valence-electron chi connectivity index (χ2n) is 5.44. The number of nitrogens with zero attached hydrogens (tertiary/aromatic N) is 2. The summed E-state index contributed by atoms with van der Waals surface area (Å²) in [5.74, 6) is 1.58. The number of imidazole rings is 1. The van der Waals surface area contributed by atoms with E-state index in [9.17, 15) is 4.39 Å². The van der Waals surface area contributed by atoms with E-state index in [4.69, 9.17) is 23.2 Å². The molecule has 0 amide bonds. The number of fused-ring (bicyclic) bond motifs is 1. The summed E-state index contributed by atoms with van der Waals surface area (Å²) in [7, 11) is 0. The maximum absolute atomic E-state index is 13.8. The molecule has 6 heteroatoms. The summed E-state index contributed by atoms with van der Waals surface area (Å²) < 4.78 is 15.9. The van der Waals surface area contributed by atoms with Gasteiger partial charge in [0.05, 0.1) is 21.4 Å². The fourth-order valence-electron chi connectivity index (χ4n) is 2.79. The van der Waals surface area contributed by atoms with E-state index in [1.807, 2.05) is 18.7 Å². The molecule has 21 heavy (non-hydrogen) atoms. The van der Waals surface area contributed by atoms with E-state index in [0.717, 1.165) is 17.9 Å². The molecule has 0 radical (unpaired) electrons. The third kappa shape index (κ3) is 3.17. The van der Waals surface area contributed by atoms with Gasteiger partial charge in [-0.25, -0.2) is 9.37 Å². The maximum Gasteiger partial charge on any atom is 0.144 e. The van der Waals surface area contributed by atoms with Crippen LogP contribution in [0.15, 0.2) is 12.1 Å². The normalized spacial score (nSPS) is 20.9. The first-order valence-corrected chi connectivity index (χ1v) is 9.03. The van der Waals surface area contributed by atoms with Crippen LogP contribution in [0, 0.1) is 5.82 Å². The predicted octanol–water partition coefficient (Wildman–Crippen LogP) is 5.41. The summed E-state index contributed by atoms with van der Waals surface area (Å²) >= 11 is 14.1. The lowest BCUT2D eigenvalue weighted by Crippen LogP contribution is -2.18. The van der Waals surface area contributed by atoms with E-state index in [-0.39, 0.29) is 10.4 Å². The Balaban J connectivity index is 2.04. The van der Waals surface area contributed by atoms with Crippen molar-refractivity contribution in [2.75, 3.05) is 5.75 Å². The maximum atomic E-state index is 13.8. The molecule has 1 fully saturated rings. The molecule has 2 atom stereocenters. The summed E-state index contributed by atoms with van der Waals surface area (Å²) in [5, 5.41) is 0.435. The Bertz CT molecular complexity index is 651. The van der Waals surface area contributed by atoms with Crippen LogP contribution in [-0.4, -0.2) is 20.6 Å². The zero-order valence-electron chi connectivity index (χ0n) is 11.8. The smallest absolute Gasteiger partial charge is 0.144 e. The number of halogens is 3. The zero-order chi connectivity index (χ0) is 15.0. The summed E-state index contributed by atoms with van der Waals surface area (Å²) in [6.45, 7) is 2.72. The first-order chi connectivity index (χ1) is 10.1. The van der Waals surface area contributed by atoms with E-state index in [0.29, 0.717) is 10.8 Å². The first kappa shape index (κ1) is 15.4. The molecule has 0 spiro atoms. The number of alkyl halides is 1. The average Bonchev–Trinajstić information content (AvgIpc) is 2.79. The van der Waals surface area contributed by atoms with Gasteiger partial charge >= 0.3 is 0 Å². The Hall–Kier alpha value is -0.450. The molecule has 1 aliphatic rings. The second kappa shape index (κ2) is 6.35. The Morgan fingerprint density at radius 1 is 1.48 bits per heavy atom. The Labute approximate surface area is 138 Å². The Kier molecular flexibility index (Phi) is 4.67. The van der Waals surface area contributed by atoms with E-state index in [2.05, 4.69) is 9.55 Å². The van der Waals surface area contributed by atoms with Gasteiger partial charge in [0.2, 0.25) is 0 Å². The van der Waals surface area contributed by atoms with Crippen LogP contribution in [0.25, 0.3) is 11.0 Å². The van der Waals surface area contributed by atoms with Gasteiger partial charge in [-0.3, -0.25) is 0 Å². The lowest BCUT2D eigenvalue weighted by atomic mass is 10.2. The van der Waals surface area contributed by atoms with Crippen LogP contribution in [0.5, 0.6) is 0 Å². The van der Waals surface area contributed by atoms with Gasteiger partial charge in [-0.15, -0.1) is 11.6 Å². The summed E-state index contributed by atoms with van der Waals surface area (Å²) in [5.41, 5.74) is 1.50. The molecule has 114 valence electrons.